The van der Waals surface area contributed by atoms with Crippen LogP contribution in [0.15, 0.2) is 88.9 Å². The van der Waals surface area contributed by atoms with Crippen molar-refractivity contribution in [3.05, 3.63) is 90.1 Å². The lowest BCUT2D eigenvalue weighted by molar-refractivity contribution is 0.0723. The van der Waals surface area contributed by atoms with Crippen LogP contribution in [0.2, 0.25) is 0 Å². The standard InChI is InChI=1S/C26H23N3O6S/c1-17(28-31)19-9-14-24(25(15-19)34-2)35-26(30)22-16-23(18-7-5-4-6-8-18)29(27-22)20-10-12-21(13-11-20)36(3,32)33/h4-16,31H,1-3H3/b28-17-. The van der Waals surface area contributed by atoms with E-state index in [2.05, 4.69) is 10.3 Å². The number of rotatable bonds is 7. The van der Waals surface area contributed by atoms with E-state index in [1.54, 1.807) is 48.0 Å². The van der Waals surface area contributed by atoms with Gasteiger partial charge in [-0.2, -0.15) is 5.10 Å². The van der Waals surface area contributed by atoms with E-state index in [1.807, 2.05) is 30.3 Å². The number of benzene rings is 3. The minimum Gasteiger partial charge on any atom is -0.493 e. The highest BCUT2D eigenvalue weighted by Gasteiger charge is 2.21. The van der Waals surface area contributed by atoms with Gasteiger partial charge >= 0.3 is 5.97 Å². The van der Waals surface area contributed by atoms with Gasteiger partial charge in [-0.25, -0.2) is 17.9 Å². The number of carbonyl (C=O) groups is 1. The molecule has 1 N–H and O–H groups in total. The van der Waals surface area contributed by atoms with Crippen LogP contribution in [-0.4, -0.2) is 48.5 Å². The molecule has 0 radical (unpaired) electrons. The fraction of sp³-hybridized carbons (Fsp3) is 0.115. The second kappa shape index (κ2) is 10.0. The lowest BCUT2D eigenvalue weighted by atomic mass is 10.1. The van der Waals surface area contributed by atoms with Gasteiger partial charge in [0.05, 0.1) is 29.1 Å². The molecule has 10 heteroatoms. The molecule has 4 aromatic rings. The van der Waals surface area contributed by atoms with Gasteiger partial charge in [0.2, 0.25) is 0 Å². The number of ether oxygens (including phenoxy) is 2. The quantitative estimate of drug-likeness (QED) is 0.130. The average molecular weight is 506 g/mol. The van der Waals surface area contributed by atoms with Crippen molar-refractivity contribution in [3.8, 4) is 28.4 Å². The molecule has 9 nitrogen and oxygen atoms in total. The summed E-state index contributed by atoms with van der Waals surface area (Å²) < 4.78 is 36.2. The van der Waals surface area contributed by atoms with E-state index in [-0.39, 0.29) is 22.1 Å². The van der Waals surface area contributed by atoms with Crippen LogP contribution >= 0.6 is 0 Å². The maximum Gasteiger partial charge on any atom is 0.364 e. The zero-order valence-corrected chi connectivity index (χ0v) is 20.6. The molecule has 0 spiro atoms. The number of sulfone groups is 1. The van der Waals surface area contributed by atoms with Crippen molar-refractivity contribution >= 4 is 21.5 Å². The first kappa shape index (κ1) is 24.7. The topological polar surface area (TPSA) is 120 Å². The summed E-state index contributed by atoms with van der Waals surface area (Å²) in [5.74, 6) is -0.259. The Morgan fingerprint density at radius 1 is 0.972 bits per heavy atom. The molecule has 0 aliphatic heterocycles. The van der Waals surface area contributed by atoms with Crippen molar-refractivity contribution in [1.82, 2.24) is 9.78 Å². The molecule has 0 saturated heterocycles. The predicted octanol–water partition coefficient (Wildman–Crippen LogP) is 4.37. The molecule has 3 aromatic carbocycles. The van der Waals surface area contributed by atoms with Gasteiger partial charge in [0, 0.05) is 17.4 Å². The molecule has 0 aliphatic rings. The number of oxime groups is 1. The molecule has 0 unspecified atom stereocenters. The molecule has 0 aliphatic carbocycles. The number of aromatic nitrogens is 2. The summed E-state index contributed by atoms with van der Waals surface area (Å²) in [7, 11) is -1.93. The van der Waals surface area contributed by atoms with E-state index >= 15 is 0 Å². The molecule has 184 valence electrons. The number of hydrogen-bond acceptors (Lipinski definition) is 8. The lowest BCUT2D eigenvalue weighted by Crippen LogP contribution is -2.11. The van der Waals surface area contributed by atoms with Gasteiger partial charge < -0.3 is 14.7 Å². The van der Waals surface area contributed by atoms with Gasteiger partial charge in [-0.15, -0.1) is 0 Å². The Kier molecular flexibility index (Phi) is 6.89. The monoisotopic (exact) mass is 505 g/mol. The van der Waals surface area contributed by atoms with E-state index < -0.39 is 15.8 Å². The van der Waals surface area contributed by atoms with Gasteiger partial charge in [0.15, 0.2) is 27.0 Å². The molecular weight excluding hydrogens is 482 g/mol. The van der Waals surface area contributed by atoms with E-state index in [1.165, 1.54) is 19.2 Å². The fourth-order valence-electron chi connectivity index (χ4n) is 3.51. The van der Waals surface area contributed by atoms with Gasteiger partial charge in [-0.3, -0.25) is 0 Å². The molecule has 0 fully saturated rings. The summed E-state index contributed by atoms with van der Waals surface area (Å²) in [6.07, 6.45) is 1.14. The highest BCUT2D eigenvalue weighted by Crippen LogP contribution is 2.30. The summed E-state index contributed by atoms with van der Waals surface area (Å²) in [4.78, 5) is 13.3. The first-order valence-electron chi connectivity index (χ1n) is 10.8. The molecule has 1 heterocycles. The van der Waals surface area contributed by atoms with Crippen LogP contribution in [0.1, 0.15) is 23.0 Å². The molecular formula is C26H23N3O6S. The lowest BCUT2D eigenvalue weighted by Gasteiger charge is -2.10. The Labute approximate surface area is 208 Å². The van der Waals surface area contributed by atoms with E-state index in [4.69, 9.17) is 14.7 Å². The first-order valence-corrected chi connectivity index (χ1v) is 12.7. The summed E-state index contributed by atoms with van der Waals surface area (Å²) in [5.41, 5.74) is 3.01. The van der Waals surface area contributed by atoms with Crippen molar-refractivity contribution in [3.63, 3.8) is 0 Å². The third kappa shape index (κ3) is 5.13. The van der Waals surface area contributed by atoms with Crippen LogP contribution in [0, 0.1) is 0 Å². The summed E-state index contributed by atoms with van der Waals surface area (Å²) in [6, 6.07) is 21.9. The van der Waals surface area contributed by atoms with Crippen LogP contribution < -0.4 is 9.47 Å². The predicted molar refractivity (Wildman–Crippen MR) is 134 cm³/mol. The molecule has 36 heavy (non-hydrogen) atoms. The number of nitrogens with zero attached hydrogens (tertiary/aromatic N) is 3. The minimum absolute atomic E-state index is 0.0419. The largest absolute Gasteiger partial charge is 0.493 e. The van der Waals surface area contributed by atoms with Gasteiger partial charge in [0.25, 0.3) is 0 Å². The van der Waals surface area contributed by atoms with E-state index in [9.17, 15) is 13.2 Å². The molecule has 4 rings (SSSR count). The highest BCUT2D eigenvalue weighted by atomic mass is 32.2. The Morgan fingerprint density at radius 2 is 1.67 bits per heavy atom. The van der Waals surface area contributed by atoms with Crippen molar-refractivity contribution in [2.75, 3.05) is 13.4 Å². The molecule has 0 saturated carbocycles. The van der Waals surface area contributed by atoms with E-state index in [0.717, 1.165) is 11.8 Å². The SMILES string of the molecule is COc1cc(/C(C)=N\O)ccc1OC(=O)c1cc(-c2ccccc2)n(-c2ccc(S(C)(=O)=O)cc2)n1. The Hall–Kier alpha value is -4.44. The maximum atomic E-state index is 13.1. The molecule has 0 amide bonds. The third-order valence-corrected chi connectivity index (χ3v) is 6.56. The second-order valence-corrected chi connectivity index (χ2v) is 9.92. The molecule has 1 aromatic heterocycles. The van der Waals surface area contributed by atoms with Crippen LogP contribution in [0.25, 0.3) is 16.9 Å². The maximum absolute atomic E-state index is 13.1. The number of methoxy groups -OCH3 is 1. The molecule has 0 bridgehead atoms. The summed E-state index contributed by atoms with van der Waals surface area (Å²) in [6.45, 7) is 1.63. The summed E-state index contributed by atoms with van der Waals surface area (Å²) >= 11 is 0. The second-order valence-electron chi connectivity index (χ2n) is 7.90. The first-order chi connectivity index (χ1) is 17.2. The van der Waals surface area contributed by atoms with Crippen LogP contribution in [0.5, 0.6) is 11.5 Å². The highest BCUT2D eigenvalue weighted by molar-refractivity contribution is 7.90. The van der Waals surface area contributed by atoms with Crippen LogP contribution in [0.3, 0.4) is 0 Å². The Morgan fingerprint density at radius 3 is 2.28 bits per heavy atom. The third-order valence-electron chi connectivity index (χ3n) is 5.43. The normalized spacial score (nSPS) is 11.8. The van der Waals surface area contributed by atoms with Crippen molar-refractivity contribution in [1.29, 1.82) is 0 Å². The smallest absolute Gasteiger partial charge is 0.364 e. The van der Waals surface area contributed by atoms with Crippen molar-refractivity contribution in [2.24, 2.45) is 5.16 Å². The van der Waals surface area contributed by atoms with Gasteiger partial charge in [-0.1, -0.05) is 35.5 Å². The van der Waals surface area contributed by atoms with E-state index in [0.29, 0.717) is 22.7 Å². The number of carbonyl (C=O) groups excluding carboxylic acids is 1. The summed E-state index contributed by atoms with van der Waals surface area (Å²) in [5, 5.41) is 16.6. The average Bonchev–Trinajstić information content (AvgIpc) is 3.34. The minimum atomic E-state index is -3.36. The van der Waals surface area contributed by atoms with Crippen molar-refractivity contribution in [2.45, 2.75) is 11.8 Å². The van der Waals surface area contributed by atoms with Crippen LogP contribution in [-0.2, 0) is 9.84 Å². The Balaban J connectivity index is 1.72. The fourth-order valence-corrected chi connectivity index (χ4v) is 4.14. The Bertz CT molecular complexity index is 1540. The zero-order valence-electron chi connectivity index (χ0n) is 19.7. The number of hydrogen-bond donors (Lipinski definition) is 1. The molecule has 0 atom stereocenters. The van der Waals surface area contributed by atoms with Gasteiger partial charge in [0.1, 0.15) is 0 Å². The van der Waals surface area contributed by atoms with Gasteiger partial charge in [-0.05, 0) is 55.5 Å². The van der Waals surface area contributed by atoms with Crippen LogP contribution in [0.4, 0.5) is 0 Å². The zero-order chi connectivity index (χ0) is 25.9. The van der Waals surface area contributed by atoms with Crippen molar-refractivity contribution < 1.29 is 27.9 Å². The number of esters is 1.